The molecule has 0 aliphatic carbocycles. The Hall–Kier alpha value is -4.05. The number of hydrogen-bond acceptors (Lipinski definition) is 4. The molecule has 136 valence electrons. The van der Waals surface area contributed by atoms with Gasteiger partial charge in [0.25, 0.3) is 5.91 Å². The van der Waals surface area contributed by atoms with Gasteiger partial charge in [-0.05, 0) is 54.3 Å². The zero-order valence-electron chi connectivity index (χ0n) is 14.8. The van der Waals surface area contributed by atoms with Crippen molar-refractivity contribution in [3.63, 3.8) is 0 Å². The number of anilines is 1. The molecule has 0 bridgehead atoms. The molecule has 4 rings (SSSR count). The Morgan fingerprint density at radius 2 is 1.89 bits per heavy atom. The molecule has 3 aromatic heterocycles. The van der Waals surface area contributed by atoms with Crippen LogP contribution in [0.5, 0.6) is 0 Å². The van der Waals surface area contributed by atoms with E-state index >= 15 is 0 Å². The van der Waals surface area contributed by atoms with Crippen molar-refractivity contribution in [3.05, 3.63) is 84.0 Å². The molecule has 0 saturated carbocycles. The predicted molar refractivity (Wildman–Crippen MR) is 103 cm³/mol. The lowest BCUT2D eigenvalue weighted by molar-refractivity contribution is 0.101. The number of halogens is 1. The van der Waals surface area contributed by atoms with Crippen molar-refractivity contribution in [3.8, 4) is 11.8 Å². The fourth-order valence-corrected chi connectivity index (χ4v) is 2.74. The van der Waals surface area contributed by atoms with Crippen LogP contribution in [0.2, 0.25) is 0 Å². The zero-order chi connectivity index (χ0) is 19.5. The van der Waals surface area contributed by atoms with Gasteiger partial charge in [0.2, 0.25) is 0 Å². The SMILES string of the molecule is Cn1c(C(=O)Nc2ccc(F)cc2)cc2c(C#Cc3ccccn3)ncnc21. The van der Waals surface area contributed by atoms with Gasteiger partial charge < -0.3 is 9.88 Å². The van der Waals surface area contributed by atoms with E-state index in [9.17, 15) is 9.18 Å². The van der Waals surface area contributed by atoms with Crippen molar-refractivity contribution >= 4 is 22.6 Å². The van der Waals surface area contributed by atoms with Crippen molar-refractivity contribution in [2.75, 3.05) is 5.32 Å². The first-order valence-electron chi connectivity index (χ1n) is 8.42. The minimum Gasteiger partial charge on any atom is -0.324 e. The highest BCUT2D eigenvalue weighted by molar-refractivity contribution is 6.06. The van der Waals surface area contributed by atoms with E-state index in [1.807, 2.05) is 12.1 Å². The van der Waals surface area contributed by atoms with E-state index in [1.54, 1.807) is 29.9 Å². The van der Waals surface area contributed by atoms with Gasteiger partial charge in [0, 0.05) is 18.9 Å². The molecule has 0 atom stereocenters. The van der Waals surface area contributed by atoms with Gasteiger partial charge in [0.1, 0.15) is 34.9 Å². The summed E-state index contributed by atoms with van der Waals surface area (Å²) in [5.74, 6) is 5.24. The smallest absolute Gasteiger partial charge is 0.272 e. The zero-order valence-corrected chi connectivity index (χ0v) is 14.8. The second kappa shape index (κ2) is 7.29. The average Bonchev–Trinajstić information content (AvgIpc) is 3.06. The summed E-state index contributed by atoms with van der Waals surface area (Å²) in [5.41, 5.74) is 2.61. The molecule has 6 nitrogen and oxygen atoms in total. The Balaban J connectivity index is 1.69. The number of benzene rings is 1. The first-order valence-corrected chi connectivity index (χ1v) is 8.42. The van der Waals surface area contributed by atoms with Crippen LogP contribution < -0.4 is 5.32 Å². The van der Waals surface area contributed by atoms with Gasteiger partial charge in [-0.3, -0.25) is 4.79 Å². The van der Waals surface area contributed by atoms with E-state index in [4.69, 9.17) is 0 Å². The molecule has 0 fully saturated rings. The number of aryl methyl sites for hydroxylation is 1. The summed E-state index contributed by atoms with van der Waals surface area (Å²) in [4.78, 5) is 25.3. The van der Waals surface area contributed by atoms with Crippen molar-refractivity contribution in [2.24, 2.45) is 7.05 Å². The molecule has 28 heavy (non-hydrogen) atoms. The minimum absolute atomic E-state index is 0.337. The summed E-state index contributed by atoms with van der Waals surface area (Å²) >= 11 is 0. The molecule has 0 aliphatic heterocycles. The Labute approximate surface area is 160 Å². The van der Waals surface area contributed by atoms with E-state index in [0.717, 1.165) is 0 Å². The van der Waals surface area contributed by atoms with E-state index in [0.29, 0.717) is 33.8 Å². The molecule has 3 heterocycles. The van der Waals surface area contributed by atoms with Crippen molar-refractivity contribution in [1.82, 2.24) is 19.5 Å². The number of fused-ring (bicyclic) bond motifs is 1. The van der Waals surface area contributed by atoms with Crippen molar-refractivity contribution in [1.29, 1.82) is 0 Å². The summed E-state index contributed by atoms with van der Waals surface area (Å²) < 4.78 is 14.7. The van der Waals surface area contributed by atoms with Gasteiger partial charge in [0.15, 0.2) is 0 Å². The molecule has 0 aliphatic rings. The molecule has 1 amide bonds. The molecule has 1 N–H and O–H groups in total. The molecule has 4 aromatic rings. The molecular formula is C21H14FN5O. The Kier molecular flexibility index (Phi) is 4.52. The van der Waals surface area contributed by atoms with E-state index < -0.39 is 0 Å². The first-order chi connectivity index (χ1) is 13.6. The minimum atomic E-state index is -0.367. The third kappa shape index (κ3) is 3.44. The topological polar surface area (TPSA) is 72.7 Å². The molecule has 0 saturated heterocycles. The number of nitrogens with one attached hydrogen (secondary N) is 1. The van der Waals surface area contributed by atoms with Crippen LogP contribution in [-0.4, -0.2) is 25.4 Å². The molecule has 0 radical (unpaired) electrons. The number of carbonyl (C=O) groups is 1. The summed E-state index contributed by atoms with van der Waals surface area (Å²) in [6, 6.07) is 12.7. The standard InChI is InChI=1S/C21H14FN5O/c1-27-19(21(28)26-16-7-5-14(22)6-8-16)12-17-18(24-13-25-20(17)27)10-9-15-4-2-3-11-23-15/h2-8,11-13H,1H3,(H,26,28). The fourth-order valence-electron chi connectivity index (χ4n) is 2.74. The Morgan fingerprint density at radius 1 is 1.07 bits per heavy atom. The number of nitrogens with zero attached hydrogens (tertiary/aromatic N) is 4. The predicted octanol–water partition coefficient (Wildman–Crippen LogP) is 3.15. The second-order valence-electron chi connectivity index (χ2n) is 5.97. The van der Waals surface area contributed by atoms with Crippen LogP contribution in [0, 0.1) is 17.7 Å². The normalized spacial score (nSPS) is 10.4. The third-order valence-corrected chi connectivity index (χ3v) is 4.13. The van der Waals surface area contributed by atoms with Crippen LogP contribution in [0.1, 0.15) is 21.9 Å². The molecule has 0 unspecified atom stereocenters. The lowest BCUT2D eigenvalue weighted by Crippen LogP contribution is -2.15. The first kappa shape index (κ1) is 17.4. The maximum Gasteiger partial charge on any atom is 0.272 e. The second-order valence-corrected chi connectivity index (χ2v) is 5.97. The molecule has 1 aromatic carbocycles. The highest BCUT2D eigenvalue weighted by atomic mass is 19.1. The van der Waals surface area contributed by atoms with Gasteiger partial charge >= 0.3 is 0 Å². The van der Waals surface area contributed by atoms with Crippen molar-refractivity contribution in [2.45, 2.75) is 0 Å². The van der Waals surface area contributed by atoms with Crippen LogP contribution in [-0.2, 0) is 7.05 Å². The lowest BCUT2D eigenvalue weighted by atomic mass is 10.2. The lowest BCUT2D eigenvalue weighted by Gasteiger charge is -2.06. The number of pyridine rings is 1. The maximum absolute atomic E-state index is 13.0. The summed E-state index contributed by atoms with van der Waals surface area (Å²) in [5, 5.41) is 3.41. The summed E-state index contributed by atoms with van der Waals surface area (Å²) in [7, 11) is 1.74. The van der Waals surface area contributed by atoms with Crippen LogP contribution in [0.25, 0.3) is 11.0 Å². The number of aromatic nitrogens is 4. The largest absolute Gasteiger partial charge is 0.324 e. The van der Waals surface area contributed by atoms with Gasteiger partial charge in [-0.2, -0.15) is 0 Å². The highest BCUT2D eigenvalue weighted by Gasteiger charge is 2.16. The van der Waals surface area contributed by atoms with Gasteiger partial charge in [0.05, 0.1) is 5.39 Å². The van der Waals surface area contributed by atoms with Gasteiger partial charge in [-0.25, -0.2) is 19.3 Å². The van der Waals surface area contributed by atoms with Crippen LogP contribution in [0.4, 0.5) is 10.1 Å². The maximum atomic E-state index is 13.0. The van der Waals surface area contributed by atoms with Gasteiger partial charge in [-0.15, -0.1) is 0 Å². The fraction of sp³-hybridized carbons (Fsp3) is 0.0476. The van der Waals surface area contributed by atoms with E-state index in [1.165, 1.54) is 30.6 Å². The third-order valence-electron chi connectivity index (χ3n) is 4.13. The number of rotatable bonds is 2. The monoisotopic (exact) mass is 371 g/mol. The Bertz CT molecular complexity index is 1220. The highest BCUT2D eigenvalue weighted by Crippen LogP contribution is 2.20. The molecular weight excluding hydrogens is 357 g/mol. The average molecular weight is 371 g/mol. The van der Waals surface area contributed by atoms with Crippen molar-refractivity contribution < 1.29 is 9.18 Å². The Morgan fingerprint density at radius 3 is 2.64 bits per heavy atom. The van der Waals surface area contributed by atoms with E-state index in [-0.39, 0.29) is 11.7 Å². The van der Waals surface area contributed by atoms with E-state index in [2.05, 4.69) is 32.1 Å². The number of amides is 1. The van der Waals surface area contributed by atoms with Crippen LogP contribution in [0.15, 0.2) is 61.1 Å². The summed E-state index contributed by atoms with van der Waals surface area (Å²) in [6.45, 7) is 0. The molecule has 0 spiro atoms. The number of carbonyl (C=O) groups excluding carboxylic acids is 1. The van der Waals surface area contributed by atoms with Crippen LogP contribution in [0.3, 0.4) is 0 Å². The van der Waals surface area contributed by atoms with Gasteiger partial charge in [-0.1, -0.05) is 6.07 Å². The molecule has 7 heteroatoms. The summed E-state index contributed by atoms with van der Waals surface area (Å²) in [6.07, 6.45) is 3.08. The number of hydrogen-bond donors (Lipinski definition) is 1. The van der Waals surface area contributed by atoms with Crippen LogP contribution >= 0.6 is 0 Å². The quantitative estimate of drug-likeness (QED) is 0.550.